The molecule has 0 radical (unpaired) electrons. The summed E-state index contributed by atoms with van der Waals surface area (Å²) in [7, 11) is 1.32. The van der Waals surface area contributed by atoms with E-state index in [9.17, 15) is 0 Å². The molecule has 0 aliphatic heterocycles. The predicted octanol–water partition coefficient (Wildman–Crippen LogP) is 2.52. The van der Waals surface area contributed by atoms with Crippen molar-refractivity contribution in [3.63, 3.8) is 0 Å². The van der Waals surface area contributed by atoms with E-state index in [1.54, 1.807) is 0 Å². The molecule has 88 valence electrons. The van der Waals surface area contributed by atoms with E-state index in [2.05, 4.69) is 31.2 Å². The molecule has 0 nitrogen and oxygen atoms in total. The van der Waals surface area contributed by atoms with Gasteiger partial charge in [0.2, 0.25) is 0 Å². The molecule has 2 heteroatoms. The largest absolute Gasteiger partial charge is 0.748 e. The second-order valence-electron chi connectivity index (χ2n) is 3.85. The van der Waals surface area contributed by atoms with E-state index in [1.807, 2.05) is 30.3 Å². The summed E-state index contributed by atoms with van der Waals surface area (Å²) in [6.45, 7) is 2.30. The summed E-state index contributed by atoms with van der Waals surface area (Å²) >= 11 is 0. The van der Waals surface area contributed by atoms with Crippen molar-refractivity contribution in [1.82, 2.24) is 0 Å². The molecule has 0 N–H and O–H groups in total. The van der Waals surface area contributed by atoms with Gasteiger partial charge in [0.1, 0.15) is 0 Å². The van der Waals surface area contributed by atoms with Crippen molar-refractivity contribution in [2.24, 2.45) is 0 Å². The Labute approximate surface area is 106 Å². The second kappa shape index (κ2) is 8.72. The van der Waals surface area contributed by atoms with Gasteiger partial charge in [-0.1, -0.05) is 18.9 Å². The molecule has 15 heavy (non-hydrogen) atoms. The van der Waals surface area contributed by atoms with Gasteiger partial charge in [-0.25, -0.2) is 12.1 Å². The smallest absolute Gasteiger partial charge is 0.00550 e. The molecule has 0 aliphatic rings. The third kappa shape index (κ3) is 7.38. The third-order valence-electron chi connectivity index (χ3n) is 1.93. The Hall–Kier alpha value is -0.564. The molecule has 0 saturated carbocycles. The van der Waals surface area contributed by atoms with Crippen molar-refractivity contribution in [2.75, 3.05) is 0 Å². The molecular formula is C13H18FeSi-6. The van der Waals surface area contributed by atoms with Crippen LogP contribution in [0.3, 0.4) is 0 Å². The van der Waals surface area contributed by atoms with Gasteiger partial charge in [-0.15, -0.1) is 0 Å². The van der Waals surface area contributed by atoms with Crippen LogP contribution in [0.2, 0.25) is 5.54 Å². The van der Waals surface area contributed by atoms with E-state index in [-0.39, 0.29) is 17.1 Å². The standard InChI is InChI=1S/C8H13Si.C5H5.Fe/c1-7(9)6-8-4-2-3-5-8;1-2-4-5-3-1;/h2-5,7H,6H2,1,9H3;1-5H;/q-1;-5;. The first kappa shape index (κ1) is 14.4. The number of rotatable bonds is 2. The van der Waals surface area contributed by atoms with Gasteiger partial charge >= 0.3 is 0 Å². The van der Waals surface area contributed by atoms with Gasteiger partial charge in [-0.3, -0.25) is 0 Å². The molecule has 0 spiro atoms. The van der Waals surface area contributed by atoms with Crippen molar-refractivity contribution >= 4 is 10.2 Å². The van der Waals surface area contributed by atoms with Gasteiger partial charge in [0.05, 0.1) is 0 Å². The maximum absolute atomic E-state index is 2.30. The van der Waals surface area contributed by atoms with Crippen LogP contribution in [0.1, 0.15) is 12.5 Å². The Bertz CT molecular complexity index is 278. The fourth-order valence-corrected chi connectivity index (χ4v) is 1.81. The molecule has 2 aromatic carbocycles. The average molecular weight is 258 g/mol. The maximum Gasteiger partial charge on any atom is 0.00550 e. The van der Waals surface area contributed by atoms with Crippen LogP contribution >= 0.6 is 0 Å². The quantitative estimate of drug-likeness (QED) is 0.573. The zero-order chi connectivity index (χ0) is 10.2. The first-order valence-corrected chi connectivity index (χ1v) is 6.32. The van der Waals surface area contributed by atoms with Gasteiger partial charge in [0.15, 0.2) is 0 Å². The molecule has 0 aliphatic carbocycles. The molecule has 2 aromatic rings. The Morgan fingerprint density at radius 3 is 1.80 bits per heavy atom. The summed E-state index contributed by atoms with van der Waals surface area (Å²) in [5.41, 5.74) is 2.42. The zero-order valence-electron chi connectivity index (χ0n) is 9.33. The molecule has 1 atom stereocenters. The molecule has 2 rings (SSSR count). The van der Waals surface area contributed by atoms with Crippen LogP contribution < -0.4 is 0 Å². The van der Waals surface area contributed by atoms with Gasteiger partial charge in [-0.2, -0.15) is 17.7 Å². The molecule has 0 heterocycles. The Morgan fingerprint density at radius 2 is 1.47 bits per heavy atom. The van der Waals surface area contributed by atoms with Gasteiger partial charge in [0, 0.05) is 27.3 Å². The van der Waals surface area contributed by atoms with E-state index < -0.39 is 0 Å². The summed E-state index contributed by atoms with van der Waals surface area (Å²) < 4.78 is 0. The normalized spacial score (nSPS) is 11.0. The minimum Gasteiger partial charge on any atom is -0.748 e. The van der Waals surface area contributed by atoms with Crippen LogP contribution in [0, 0.1) is 0 Å². The number of hydrogen-bond donors (Lipinski definition) is 0. The summed E-state index contributed by atoms with van der Waals surface area (Å²) in [5.74, 6) is 0. The first-order valence-electron chi connectivity index (χ1n) is 5.16. The Balaban J connectivity index is 0.000000280. The van der Waals surface area contributed by atoms with Crippen LogP contribution in [-0.4, -0.2) is 10.2 Å². The van der Waals surface area contributed by atoms with Crippen LogP contribution in [0.5, 0.6) is 0 Å². The molecule has 0 aromatic heterocycles. The number of hydrogen-bond acceptors (Lipinski definition) is 0. The summed E-state index contributed by atoms with van der Waals surface area (Å²) in [6.07, 6.45) is 1.28. The summed E-state index contributed by atoms with van der Waals surface area (Å²) in [4.78, 5) is 0. The average Bonchev–Trinajstić information content (AvgIpc) is 2.75. The van der Waals surface area contributed by atoms with Crippen molar-refractivity contribution in [2.45, 2.75) is 18.9 Å². The molecule has 0 amide bonds. The van der Waals surface area contributed by atoms with Crippen molar-refractivity contribution < 1.29 is 17.1 Å². The Morgan fingerprint density at radius 1 is 1.07 bits per heavy atom. The monoisotopic (exact) mass is 258 g/mol. The molecule has 1 unspecified atom stereocenters. The first-order chi connectivity index (χ1) is 6.79. The van der Waals surface area contributed by atoms with Crippen molar-refractivity contribution in [3.8, 4) is 0 Å². The van der Waals surface area contributed by atoms with Crippen molar-refractivity contribution in [3.05, 3.63) is 60.2 Å². The fourth-order valence-electron chi connectivity index (χ4n) is 1.34. The molecule has 0 bridgehead atoms. The van der Waals surface area contributed by atoms with Gasteiger partial charge in [0.25, 0.3) is 0 Å². The van der Waals surface area contributed by atoms with E-state index in [4.69, 9.17) is 0 Å². The third-order valence-corrected chi connectivity index (χ3v) is 2.34. The molecule has 0 fully saturated rings. The topological polar surface area (TPSA) is 0 Å². The zero-order valence-corrected chi connectivity index (χ0v) is 12.4. The van der Waals surface area contributed by atoms with E-state index in [0.29, 0.717) is 0 Å². The van der Waals surface area contributed by atoms with Crippen LogP contribution in [0.15, 0.2) is 54.6 Å². The van der Waals surface area contributed by atoms with Crippen molar-refractivity contribution in [1.29, 1.82) is 0 Å². The van der Waals surface area contributed by atoms with Gasteiger partial charge < -0.3 is 30.3 Å². The van der Waals surface area contributed by atoms with Crippen LogP contribution in [-0.2, 0) is 23.5 Å². The minimum atomic E-state index is 0. The van der Waals surface area contributed by atoms with E-state index in [0.717, 1.165) is 5.54 Å². The second-order valence-corrected chi connectivity index (χ2v) is 5.82. The van der Waals surface area contributed by atoms with E-state index in [1.165, 1.54) is 22.2 Å². The summed E-state index contributed by atoms with van der Waals surface area (Å²) in [5, 5.41) is 0. The minimum absolute atomic E-state index is 0. The van der Waals surface area contributed by atoms with E-state index >= 15 is 0 Å². The Kier molecular flexibility index (Phi) is 8.39. The summed E-state index contributed by atoms with van der Waals surface area (Å²) in [6, 6.07) is 18.6. The van der Waals surface area contributed by atoms with Gasteiger partial charge in [-0.05, 0) is 0 Å². The predicted molar refractivity (Wildman–Crippen MR) is 67.1 cm³/mol. The molecule has 0 saturated heterocycles. The van der Waals surface area contributed by atoms with Crippen LogP contribution in [0.25, 0.3) is 0 Å². The van der Waals surface area contributed by atoms with Crippen LogP contribution in [0.4, 0.5) is 0 Å². The maximum atomic E-state index is 2.30. The fraction of sp³-hybridized carbons (Fsp3) is 0.231. The SMILES string of the molecule is CC([SiH3])C[c-]1cccc1.[Fe].[cH-]1[cH-][cH-][cH-][cH-]1. The molecular weight excluding hydrogens is 240 g/mol.